The molecule has 1 aromatic rings. The van der Waals surface area contributed by atoms with Crippen LogP contribution in [0.15, 0.2) is 6.07 Å². The van der Waals surface area contributed by atoms with Crippen LogP contribution in [0.4, 0.5) is 5.82 Å². The van der Waals surface area contributed by atoms with Crippen LogP contribution >= 0.6 is 0 Å². The Balaban J connectivity index is 2.43. The van der Waals surface area contributed by atoms with E-state index in [4.69, 9.17) is 5.41 Å². The molecule has 2 N–H and O–H groups in total. The average molecular weight is 222 g/mol. The van der Waals surface area contributed by atoms with Gasteiger partial charge in [-0.1, -0.05) is 13.8 Å². The Kier molecular flexibility index (Phi) is 2.71. The maximum atomic E-state index is 9.21. The summed E-state index contributed by atoms with van der Waals surface area (Å²) in [5, 5.41) is 21.6. The Labute approximate surface area is 95.2 Å². The zero-order valence-electron chi connectivity index (χ0n) is 9.94. The van der Waals surface area contributed by atoms with E-state index in [2.05, 4.69) is 18.9 Å². The van der Waals surface area contributed by atoms with Crippen LogP contribution in [0.5, 0.6) is 0 Å². The highest BCUT2D eigenvalue weighted by molar-refractivity contribution is 5.88. The van der Waals surface area contributed by atoms with Crippen LogP contribution in [0, 0.1) is 11.3 Å². The lowest BCUT2D eigenvalue weighted by Gasteiger charge is -2.31. The first-order valence-electron chi connectivity index (χ1n) is 5.55. The highest BCUT2D eigenvalue weighted by Gasteiger charge is 2.28. The van der Waals surface area contributed by atoms with Gasteiger partial charge in [0.05, 0.1) is 18.2 Å². The van der Waals surface area contributed by atoms with E-state index in [0.717, 1.165) is 11.5 Å². The zero-order valence-corrected chi connectivity index (χ0v) is 9.94. The molecule has 0 bridgehead atoms. The fourth-order valence-electron chi connectivity index (χ4n) is 1.95. The normalized spacial score (nSPS) is 20.4. The molecular formula is C11H18N4O. The van der Waals surface area contributed by atoms with E-state index in [0.29, 0.717) is 18.3 Å². The Morgan fingerprint density at radius 1 is 1.62 bits per heavy atom. The van der Waals surface area contributed by atoms with Crippen molar-refractivity contribution in [2.24, 2.45) is 5.92 Å². The van der Waals surface area contributed by atoms with Gasteiger partial charge in [0.1, 0.15) is 11.7 Å². The lowest BCUT2D eigenvalue weighted by Crippen LogP contribution is -2.42. The van der Waals surface area contributed by atoms with Gasteiger partial charge in [-0.25, -0.2) is 4.68 Å². The predicted octanol–water partition coefficient (Wildman–Crippen LogP) is 0.890. The third-order valence-electron chi connectivity index (χ3n) is 3.02. The highest BCUT2D eigenvalue weighted by Crippen LogP contribution is 2.25. The zero-order chi connectivity index (χ0) is 11.9. The number of aliphatic hydroxyl groups is 1. The van der Waals surface area contributed by atoms with Gasteiger partial charge in [0.25, 0.3) is 0 Å². The van der Waals surface area contributed by atoms with Crippen LogP contribution in [-0.4, -0.2) is 40.9 Å². The molecule has 1 atom stereocenters. The largest absolute Gasteiger partial charge is 0.396 e. The lowest BCUT2D eigenvalue weighted by molar-refractivity contribution is 0.258. The molecule has 1 unspecified atom stereocenters. The van der Waals surface area contributed by atoms with Crippen molar-refractivity contribution in [3.05, 3.63) is 11.8 Å². The lowest BCUT2D eigenvalue weighted by atomic mass is 10.1. The van der Waals surface area contributed by atoms with Crippen molar-refractivity contribution < 1.29 is 5.11 Å². The topological polar surface area (TPSA) is 65.1 Å². The first-order valence-corrected chi connectivity index (χ1v) is 5.55. The van der Waals surface area contributed by atoms with Gasteiger partial charge in [0.2, 0.25) is 0 Å². The first-order chi connectivity index (χ1) is 7.54. The number of anilines is 1. The van der Waals surface area contributed by atoms with Crippen molar-refractivity contribution in [3.8, 4) is 0 Å². The molecule has 0 aromatic carbocycles. The number of aromatic nitrogens is 2. The van der Waals surface area contributed by atoms with Crippen LogP contribution in [0.2, 0.25) is 0 Å². The maximum absolute atomic E-state index is 9.21. The number of hydrogen-bond acceptors (Lipinski definition) is 4. The summed E-state index contributed by atoms with van der Waals surface area (Å²) in [6.45, 7) is 4.85. The molecule has 2 rings (SSSR count). The molecule has 1 aliphatic heterocycles. The van der Waals surface area contributed by atoms with Gasteiger partial charge >= 0.3 is 0 Å². The van der Waals surface area contributed by atoms with Crippen molar-refractivity contribution >= 4 is 11.7 Å². The van der Waals surface area contributed by atoms with E-state index in [9.17, 15) is 5.11 Å². The summed E-state index contributed by atoms with van der Waals surface area (Å²) in [7, 11) is 1.96. The molecule has 5 nitrogen and oxygen atoms in total. The number of rotatable bonds is 2. The standard InChI is InChI=1S/C11H18N4O/c1-7(2)9-4-10-14(3)5-8(6-16)11(12)15(10)13-9/h4,7-8,12,16H,5-6H2,1-3H3. The Hall–Kier alpha value is -1.36. The number of aliphatic hydroxyl groups excluding tert-OH is 1. The number of hydrogen-bond donors (Lipinski definition) is 2. The summed E-state index contributed by atoms with van der Waals surface area (Å²) in [4.78, 5) is 2.04. The second-order valence-corrected chi connectivity index (χ2v) is 4.64. The third-order valence-corrected chi connectivity index (χ3v) is 3.02. The minimum absolute atomic E-state index is 0.000511. The van der Waals surface area contributed by atoms with E-state index in [1.165, 1.54) is 0 Å². The van der Waals surface area contributed by atoms with E-state index in [1.807, 2.05) is 18.0 Å². The van der Waals surface area contributed by atoms with Crippen molar-refractivity contribution in [3.63, 3.8) is 0 Å². The molecule has 16 heavy (non-hydrogen) atoms. The quantitative estimate of drug-likeness (QED) is 0.781. The molecule has 0 saturated heterocycles. The number of fused-ring (bicyclic) bond motifs is 1. The smallest absolute Gasteiger partial charge is 0.133 e. The fraction of sp³-hybridized carbons (Fsp3) is 0.636. The predicted molar refractivity (Wildman–Crippen MR) is 63.3 cm³/mol. The molecular weight excluding hydrogens is 204 g/mol. The maximum Gasteiger partial charge on any atom is 0.133 e. The second kappa shape index (κ2) is 3.90. The van der Waals surface area contributed by atoms with Gasteiger partial charge in [-0.3, -0.25) is 5.41 Å². The average Bonchev–Trinajstić information content (AvgIpc) is 2.68. The summed E-state index contributed by atoms with van der Waals surface area (Å²) in [6, 6.07) is 2.02. The summed E-state index contributed by atoms with van der Waals surface area (Å²) >= 11 is 0. The van der Waals surface area contributed by atoms with E-state index in [1.54, 1.807) is 4.68 Å². The molecule has 0 saturated carbocycles. The molecule has 0 aliphatic carbocycles. The minimum Gasteiger partial charge on any atom is -0.396 e. The van der Waals surface area contributed by atoms with Crippen molar-refractivity contribution in [2.45, 2.75) is 19.8 Å². The molecule has 0 fully saturated rings. The van der Waals surface area contributed by atoms with Gasteiger partial charge in [0, 0.05) is 19.7 Å². The van der Waals surface area contributed by atoms with Crippen molar-refractivity contribution in [1.82, 2.24) is 9.78 Å². The van der Waals surface area contributed by atoms with Gasteiger partial charge < -0.3 is 10.0 Å². The van der Waals surface area contributed by atoms with Crippen LogP contribution < -0.4 is 4.90 Å². The van der Waals surface area contributed by atoms with E-state index >= 15 is 0 Å². The van der Waals surface area contributed by atoms with E-state index in [-0.39, 0.29) is 12.5 Å². The van der Waals surface area contributed by atoms with Crippen LogP contribution in [0.1, 0.15) is 25.5 Å². The Morgan fingerprint density at radius 2 is 2.31 bits per heavy atom. The summed E-state index contributed by atoms with van der Waals surface area (Å²) in [5.41, 5.74) is 0.991. The molecule has 88 valence electrons. The molecule has 1 aliphatic rings. The van der Waals surface area contributed by atoms with Crippen LogP contribution in [0.3, 0.4) is 0 Å². The van der Waals surface area contributed by atoms with Gasteiger partial charge in [0.15, 0.2) is 0 Å². The third kappa shape index (κ3) is 1.61. The van der Waals surface area contributed by atoms with Crippen LogP contribution in [-0.2, 0) is 0 Å². The van der Waals surface area contributed by atoms with Gasteiger partial charge in [-0.2, -0.15) is 5.10 Å². The van der Waals surface area contributed by atoms with Crippen molar-refractivity contribution in [1.29, 1.82) is 5.41 Å². The fourth-order valence-corrected chi connectivity index (χ4v) is 1.95. The Bertz CT molecular complexity index is 410. The summed E-state index contributed by atoms with van der Waals surface area (Å²) in [5.74, 6) is 1.55. The van der Waals surface area contributed by atoms with Gasteiger partial charge in [-0.15, -0.1) is 0 Å². The molecule has 0 radical (unpaired) electrons. The second-order valence-electron chi connectivity index (χ2n) is 4.64. The monoisotopic (exact) mass is 222 g/mol. The summed E-state index contributed by atoms with van der Waals surface area (Å²) in [6.07, 6.45) is 0. The Morgan fingerprint density at radius 3 is 2.88 bits per heavy atom. The van der Waals surface area contributed by atoms with E-state index < -0.39 is 0 Å². The van der Waals surface area contributed by atoms with Crippen molar-refractivity contribution in [2.75, 3.05) is 25.1 Å². The summed E-state index contributed by atoms with van der Waals surface area (Å²) < 4.78 is 1.64. The molecule has 5 heteroatoms. The molecule has 0 spiro atoms. The highest BCUT2D eigenvalue weighted by atomic mass is 16.3. The first kappa shape index (κ1) is 11.1. The molecule has 2 heterocycles. The number of nitrogens with one attached hydrogen (secondary N) is 1. The molecule has 0 amide bonds. The minimum atomic E-state index is -0.141. The van der Waals surface area contributed by atoms with Crippen LogP contribution in [0.25, 0.3) is 0 Å². The molecule has 1 aromatic heterocycles. The number of nitrogens with zero attached hydrogens (tertiary/aromatic N) is 3. The SMILES string of the molecule is CC(C)c1cc2n(n1)C(=N)C(CO)CN2C. The van der Waals surface area contributed by atoms with Gasteiger partial charge in [-0.05, 0) is 5.92 Å².